The summed E-state index contributed by atoms with van der Waals surface area (Å²) < 4.78 is 0. The molecule has 0 saturated carbocycles. The van der Waals surface area contributed by atoms with Gasteiger partial charge in [-0.05, 0) is 34.4 Å². The fourth-order valence-electron chi connectivity index (χ4n) is 3.64. The average Bonchev–Trinajstić information content (AvgIpc) is 2.72. The van der Waals surface area contributed by atoms with Crippen molar-refractivity contribution in [1.82, 2.24) is 5.32 Å². The minimum Gasteiger partial charge on any atom is -0.300 e. The van der Waals surface area contributed by atoms with Gasteiger partial charge in [0.05, 0.1) is 6.04 Å². The normalized spacial score (nSPS) is 12.4. The fourth-order valence-corrected chi connectivity index (χ4v) is 3.64. The van der Waals surface area contributed by atoms with E-state index >= 15 is 0 Å². The number of hydrogen-bond donors (Lipinski definition) is 1. The second-order valence-electron chi connectivity index (χ2n) is 6.71. The van der Waals surface area contributed by atoms with E-state index in [1.54, 1.807) is 0 Å². The molecule has 0 spiro atoms. The zero-order chi connectivity index (χ0) is 17.8. The van der Waals surface area contributed by atoms with Crippen LogP contribution in [0.15, 0.2) is 103 Å². The Bertz CT molecular complexity index is 932. The topological polar surface area (TPSA) is 12.0 Å². The van der Waals surface area contributed by atoms with E-state index in [9.17, 15) is 0 Å². The van der Waals surface area contributed by atoms with Crippen LogP contribution in [0.4, 0.5) is 0 Å². The van der Waals surface area contributed by atoms with Gasteiger partial charge in [0.2, 0.25) is 0 Å². The number of fused-ring (bicyclic) bond motifs is 1. The van der Waals surface area contributed by atoms with E-state index in [1.807, 2.05) is 0 Å². The number of nitrogens with one attached hydrogen (secondary N) is 1. The molecule has 0 fully saturated rings. The van der Waals surface area contributed by atoms with Gasteiger partial charge in [-0.3, -0.25) is 5.32 Å². The Morgan fingerprint density at radius 1 is 0.577 bits per heavy atom. The summed E-state index contributed by atoms with van der Waals surface area (Å²) in [7, 11) is 0. The highest BCUT2D eigenvalue weighted by Gasteiger charge is 2.18. The molecule has 0 radical (unpaired) electrons. The first-order chi connectivity index (χ1) is 12.8. The third-order valence-electron chi connectivity index (χ3n) is 4.97. The van der Waals surface area contributed by atoms with Crippen molar-refractivity contribution in [3.8, 4) is 0 Å². The highest BCUT2D eigenvalue weighted by Crippen LogP contribution is 2.29. The Hall–Kier alpha value is -2.90. The van der Waals surface area contributed by atoms with Gasteiger partial charge in [0.1, 0.15) is 0 Å². The smallest absolute Gasteiger partial charge is 0.0581 e. The van der Waals surface area contributed by atoms with Gasteiger partial charge in [0, 0.05) is 6.04 Å². The summed E-state index contributed by atoms with van der Waals surface area (Å²) in [6.45, 7) is 2.25. The largest absolute Gasteiger partial charge is 0.300 e. The zero-order valence-corrected chi connectivity index (χ0v) is 15.0. The molecule has 26 heavy (non-hydrogen) atoms. The van der Waals surface area contributed by atoms with Crippen LogP contribution in [0.5, 0.6) is 0 Å². The highest BCUT2D eigenvalue weighted by atomic mass is 14.9. The molecule has 1 atom stereocenters. The van der Waals surface area contributed by atoms with Crippen LogP contribution in [-0.2, 0) is 0 Å². The molecule has 4 aromatic carbocycles. The van der Waals surface area contributed by atoms with Crippen LogP contribution < -0.4 is 5.32 Å². The lowest BCUT2D eigenvalue weighted by Crippen LogP contribution is -2.25. The number of rotatable bonds is 5. The van der Waals surface area contributed by atoms with Crippen LogP contribution >= 0.6 is 0 Å². The molecule has 4 rings (SSSR count). The average molecular weight is 337 g/mol. The Labute approximate surface area is 155 Å². The van der Waals surface area contributed by atoms with E-state index in [4.69, 9.17) is 0 Å². The van der Waals surface area contributed by atoms with Gasteiger partial charge >= 0.3 is 0 Å². The summed E-state index contributed by atoms with van der Waals surface area (Å²) in [5.74, 6) is 0. The minimum absolute atomic E-state index is 0.159. The summed E-state index contributed by atoms with van der Waals surface area (Å²) in [4.78, 5) is 0. The SMILES string of the molecule is C[C@@H](NC(c1ccccc1)c1ccccc1)c1cccc2ccccc12. The van der Waals surface area contributed by atoms with Gasteiger partial charge < -0.3 is 0 Å². The molecular weight excluding hydrogens is 314 g/mol. The Balaban J connectivity index is 1.71. The van der Waals surface area contributed by atoms with Crippen LogP contribution in [0.2, 0.25) is 0 Å². The second-order valence-corrected chi connectivity index (χ2v) is 6.71. The molecule has 0 aliphatic heterocycles. The van der Waals surface area contributed by atoms with Crippen LogP contribution in [-0.4, -0.2) is 0 Å². The van der Waals surface area contributed by atoms with Crippen molar-refractivity contribution in [2.24, 2.45) is 0 Å². The van der Waals surface area contributed by atoms with Crippen molar-refractivity contribution >= 4 is 10.8 Å². The van der Waals surface area contributed by atoms with Crippen molar-refractivity contribution in [1.29, 1.82) is 0 Å². The third-order valence-corrected chi connectivity index (χ3v) is 4.97. The van der Waals surface area contributed by atoms with Gasteiger partial charge in [-0.15, -0.1) is 0 Å². The monoisotopic (exact) mass is 337 g/mol. The van der Waals surface area contributed by atoms with Crippen molar-refractivity contribution < 1.29 is 0 Å². The fraction of sp³-hybridized carbons (Fsp3) is 0.120. The van der Waals surface area contributed by atoms with E-state index in [-0.39, 0.29) is 12.1 Å². The molecule has 1 N–H and O–H groups in total. The molecule has 0 saturated heterocycles. The molecule has 0 aliphatic carbocycles. The van der Waals surface area contributed by atoms with E-state index in [0.717, 1.165) is 0 Å². The summed E-state index contributed by atoms with van der Waals surface area (Å²) >= 11 is 0. The second kappa shape index (κ2) is 7.55. The maximum absolute atomic E-state index is 3.86. The zero-order valence-electron chi connectivity index (χ0n) is 15.0. The molecule has 1 heteroatoms. The maximum atomic E-state index is 3.86. The first-order valence-electron chi connectivity index (χ1n) is 9.16. The standard InChI is InChI=1S/C25H23N/c1-19(23-18-10-16-20-11-8-9-17-24(20)23)26-25(21-12-4-2-5-13-21)22-14-6-3-7-15-22/h2-19,25-26H,1H3/t19-/m1/s1. The van der Waals surface area contributed by atoms with Crippen molar-refractivity contribution in [2.75, 3.05) is 0 Å². The lowest BCUT2D eigenvalue weighted by molar-refractivity contribution is 0.519. The quantitative estimate of drug-likeness (QED) is 0.452. The number of hydrogen-bond acceptors (Lipinski definition) is 1. The molecular formula is C25H23N. The third kappa shape index (κ3) is 3.40. The van der Waals surface area contributed by atoms with E-state index in [1.165, 1.54) is 27.5 Å². The lowest BCUT2D eigenvalue weighted by Gasteiger charge is -2.25. The van der Waals surface area contributed by atoms with Crippen LogP contribution in [0.1, 0.15) is 35.7 Å². The summed E-state index contributed by atoms with van der Waals surface area (Å²) in [6, 6.07) is 36.9. The van der Waals surface area contributed by atoms with Gasteiger partial charge in [-0.2, -0.15) is 0 Å². The Morgan fingerprint density at radius 2 is 1.12 bits per heavy atom. The Morgan fingerprint density at radius 3 is 1.77 bits per heavy atom. The van der Waals surface area contributed by atoms with Crippen molar-refractivity contribution in [3.63, 3.8) is 0 Å². The molecule has 0 aromatic heterocycles. The number of benzene rings is 4. The van der Waals surface area contributed by atoms with Gasteiger partial charge in [-0.1, -0.05) is 103 Å². The molecule has 0 amide bonds. The van der Waals surface area contributed by atoms with Gasteiger partial charge in [0.15, 0.2) is 0 Å². The molecule has 0 aliphatic rings. The molecule has 128 valence electrons. The highest BCUT2D eigenvalue weighted by molar-refractivity contribution is 5.86. The maximum Gasteiger partial charge on any atom is 0.0581 e. The van der Waals surface area contributed by atoms with Crippen LogP contribution in [0.25, 0.3) is 10.8 Å². The predicted octanol–water partition coefficient (Wildman–Crippen LogP) is 6.28. The predicted molar refractivity (Wildman–Crippen MR) is 110 cm³/mol. The Kier molecular flexibility index (Phi) is 4.81. The minimum atomic E-state index is 0.159. The van der Waals surface area contributed by atoms with E-state index < -0.39 is 0 Å². The van der Waals surface area contributed by atoms with Gasteiger partial charge in [0.25, 0.3) is 0 Å². The molecule has 0 bridgehead atoms. The molecule has 0 heterocycles. The van der Waals surface area contributed by atoms with Crippen molar-refractivity contribution in [3.05, 3.63) is 120 Å². The lowest BCUT2D eigenvalue weighted by atomic mass is 9.95. The summed E-state index contributed by atoms with van der Waals surface area (Å²) in [5, 5.41) is 6.46. The molecule has 0 unspecified atom stereocenters. The van der Waals surface area contributed by atoms with Crippen LogP contribution in [0.3, 0.4) is 0 Å². The molecule has 4 aromatic rings. The first kappa shape index (κ1) is 16.6. The van der Waals surface area contributed by atoms with E-state index in [2.05, 4.69) is 115 Å². The first-order valence-corrected chi connectivity index (χ1v) is 9.16. The molecule has 1 nitrogen and oxygen atoms in total. The summed E-state index contributed by atoms with van der Waals surface area (Å²) in [5.41, 5.74) is 3.90. The van der Waals surface area contributed by atoms with Crippen molar-refractivity contribution in [2.45, 2.75) is 19.0 Å². The summed E-state index contributed by atoms with van der Waals surface area (Å²) in [6.07, 6.45) is 0. The van der Waals surface area contributed by atoms with Crippen LogP contribution in [0, 0.1) is 0 Å². The van der Waals surface area contributed by atoms with Gasteiger partial charge in [-0.25, -0.2) is 0 Å². The van der Waals surface area contributed by atoms with E-state index in [0.29, 0.717) is 0 Å².